The number of amides is 2. The highest BCUT2D eigenvalue weighted by atomic mass is 16.5. The standard InChI is InChI=1S/C23H22N2O6/c1-30-18-4-2-3-15(11-18)20(26)13-31-23(29)14-5-9-17(10-6-14)25-21(27)12-19(22(25)28)24-16-7-8-16/h2-6,9-11,16,19,24H,7-8,12-13H2,1H3. The molecule has 0 radical (unpaired) electrons. The zero-order valence-corrected chi connectivity index (χ0v) is 17.0. The Balaban J connectivity index is 1.36. The van der Waals surface area contributed by atoms with Gasteiger partial charge in [0.2, 0.25) is 5.91 Å². The number of carbonyl (C=O) groups excluding carboxylic acids is 4. The number of benzene rings is 2. The second kappa shape index (κ2) is 8.69. The first-order valence-corrected chi connectivity index (χ1v) is 10.0. The van der Waals surface area contributed by atoms with Gasteiger partial charge in [0, 0.05) is 11.6 Å². The highest BCUT2D eigenvalue weighted by molar-refractivity contribution is 6.22. The van der Waals surface area contributed by atoms with Crippen LogP contribution in [-0.2, 0) is 14.3 Å². The molecule has 8 heteroatoms. The minimum atomic E-state index is -0.671. The van der Waals surface area contributed by atoms with Gasteiger partial charge >= 0.3 is 5.97 Å². The number of methoxy groups -OCH3 is 1. The van der Waals surface area contributed by atoms with Crippen molar-refractivity contribution in [3.05, 3.63) is 59.7 Å². The van der Waals surface area contributed by atoms with Gasteiger partial charge in [-0.25, -0.2) is 9.69 Å². The number of rotatable bonds is 8. The van der Waals surface area contributed by atoms with E-state index in [1.807, 2.05) is 0 Å². The van der Waals surface area contributed by atoms with Crippen LogP contribution >= 0.6 is 0 Å². The van der Waals surface area contributed by atoms with Crippen LogP contribution in [0.15, 0.2) is 48.5 Å². The number of hydrogen-bond acceptors (Lipinski definition) is 7. The van der Waals surface area contributed by atoms with Crippen molar-refractivity contribution in [1.82, 2.24) is 5.32 Å². The van der Waals surface area contributed by atoms with E-state index >= 15 is 0 Å². The number of esters is 1. The smallest absolute Gasteiger partial charge is 0.338 e. The molecule has 1 heterocycles. The zero-order chi connectivity index (χ0) is 22.0. The number of nitrogens with zero attached hydrogens (tertiary/aromatic N) is 1. The largest absolute Gasteiger partial charge is 0.497 e. The first-order valence-electron chi connectivity index (χ1n) is 10.0. The molecule has 1 aliphatic heterocycles. The highest BCUT2D eigenvalue weighted by Crippen LogP contribution is 2.27. The lowest BCUT2D eigenvalue weighted by Gasteiger charge is -2.15. The molecule has 0 aromatic heterocycles. The van der Waals surface area contributed by atoms with Crippen LogP contribution in [-0.4, -0.2) is 49.4 Å². The van der Waals surface area contributed by atoms with Crippen LogP contribution < -0.4 is 15.0 Å². The maximum atomic E-state index is 12.6. The van der Waals surface area contributed by atoms with Gasteiger partial charge in [-0.15, -0.1) is 0 Å². The van der Waals surface area contributed by atoms with Gasteiger partial charge in [0.1, 0.15) is 5.75 Å². The van der Waals surface area contributed by atoms with E-state index in [0.717, 1.165) is 17.7 Å². The van der Waals surface area contributed by atoms with Gasteiger partial charge in [-0.1, -0.05) is 12.1 Å². The Labute approximate surface area is 179 Å². The molecule has 1 atom stereocenters. The van der Waals surface area contributed by atoms with Gasteiger partial charge in [0.05, 0.1) is 30.8 Å². The van der Waals surface area contributed by atoms with Crippen molar-refractivity contribution < 1.29 is 28.7 Å². The number of ketones is 1. The van der Waals surface area contributed by atoms with E-state index in [1.165, 1.54) is 31.4 Å². The van der Waals surface area contributed by atoms with Gasteiger partial charge in [-0.05, 0) is 49.2 Å². The van der Waals surface area contributed by atoms with Crippen LogP contribution in [0.3, 0.4) is 0 Å². The molecule has 2 aromatic rings. The summed E-state index contributed by atoms with van der Waals surface area (Å²) >= 11 is 0. The predicted molar refractivity (Wildman–Crippen MR) is 111 cm³/mol. The molecule has 160 valence electrons. The first kappa shape index (κ1) is 20.7. The molecule has 8 nitrogen and oxygen atoms in total. The lowest BCUT2D eigenvalue weighted by atomic mass is 10.1. The van der Waals surface area contributed by atoms with E-state index in [4.69, 9.17) is 9.47 Å². The summed E-state index contributed by atoms with van der Waals surface area (Å²) in [5.74, 6) is -1.05. The monoisotopic (exact) mass is 422 g/mol. The van der Waals surface area contributed by atoms with Crippen LogP contribution in [0, 0.1) is 0 Å². The molecule has 1 unspecified atom stereocenters. The van der Waals surface area contributed by atoms with Crippen molar-refractivity contribution in [3.8, 4) is 5.75 Å². The minimum Gasteiger partial charge on any atom is -0.497 e. The quantitative estimate of drug-likeness (QED) is 0.395. The number of Topliss-reactive ketones (excluding diaryl/α,β-unsaturated/α-hetero) is 1. The van der Waals surface area contributed by atoms with Crippen LogP contribution in [0.4, 0.5) is 5.69 Å². The molecular weight excluding hydrogens is 400 g/mol. The Bertz CT molecular complexity index is 1030. The summed E-state index contributed by atoms with van der Waals surface area (Å²) in [6.45, 7) is -0.411. The Morgan fingerprint density at radius 3 is 2.48 bits per heavy atom. The molecular formula is C23H22N2O6. The summed E-state index contributed by atoms with van der Waals surface area (Å²) in [6.07, 6.45) is 2.18. The molecule has 1 N–H and O–H groups in total. The second-order valence-electron chi connectivity index (χ2n) is 7.54. The molecule has 4 rings (SSSR count). The average Bonchev–Trinajstić information content (AvgIpc) is 3.56. The van der Waals surface area contributed by atoms with Crippen molar-refractivity contribution in [2.24, 2.45) is 0 Å². The third-order valence-corrected chi connectivity index (χ3v) is 5.25. The molecule has 1 saturated heterocycles. The summed E-state index contributed by atoms with van der Waals surface area (Å²) < 4.78 is 10.2. The summed E-state index contributed by atoms with van der Waals surface area (Å²) in [6, 6.07) is 12.4. The Hall–Kier alpha value is -3.52. The van der Waals surface area contributed by atoms with E-state index in [0.29, 0.717) is 23.0 Å². The zero-order valence-electron chi connectivity index (χ0n) is 17.0. The number of ether oxygens (including phenoxy) is 2. The molecule has 1 saturated carbocycles. The summed E-state index contributed by atoms with van der Waals surface area (Å²) in [4.78, 5) is 50.5. The fraction of sp³-hybridized carbons (Fsp3) is 0.304. The summed E-state index contributed by atoms with van der Waals surface area (Å²) in [7, 11) is 1.50. The van der Waals surface area contributed by atoms with Gasteiger partial charge in [-0.3, -0.25) is 14.4 Å². The number of carbonyl (C=O) groups is 4. The lowest BCUT2D eigenvalue weighted by molar-refractivity contribution is -0.121. The molecule has 31 heavy (non-hydrogen) atoms. The van der Waals surface area contributed by atoms with Crippen molar-refractivity contribution in [3.63, 3.8) is 0 Å². The van der Waals surface area contributed by atoms with Crippen LogP contribution in [0.2, 0.25) is 0 Å². The van der Waals surface area contributed by atoms with Gasteiger partial charge in [0.25, 0.3) is 5.91 Å². The fourth-order valence-corrected chi connectivity index (χ4v) is 3.41. The molecule has 1 aliphatic carbocycles. The third kappa shape index (κ3) is 4.64. The normalized spacial score (nSPS) is 18.2. The Morgan fingerprint density at radius 2 is 1.81 bits per heavy atom. The topological polar surface area (TPSA) is 102 Å². The van der Waals surface area contributed by atoms with E-state index in [2.05, 4.69) is 5.32 Å². The van der Waals surface area contributed by atoms with Gasteiger partial charge < -0.3 is 14.8 Å². The number of anilines is 1. The number of imide groups is 1. The maximum Gasteiger partial charge on any atom is 0.338 e. The molecule has 2 amide bonds. The molecule has 2 aromatic carbocycles. The summed E-state index contributed by atoms with van der Waals surface area (Å²) in [5.41, 5.74) is 0.996. The maximum absolute atomic E-state index is 12.6. The lowest BCUT2D eigenvalue weighted by Crippen LogP contribution is -2.39. The predicted octanol–water partition coefficient (Wildman–Crippen LogP) is 2.12. The van der Waals surface area contributed by atoms with E-state index in [9.17, 15) is 19.2 Å². The van der Waals surface area contributed by atoms with Gasteiger partial charge in [0.15, 0.2) is 12.4 Å². The minimum absolute atomic E-state index is 0.130. The SMILES string of the molecule is COc1cccc(C(=O)COC(=O)c2ccc(N3C(=O)CC(NC4CC4)C3=O)cc2)c1. The first-order chi connectivity index (χ1) is 15.0. The highest BCUT2D eigenvalue weighted by Gasteiger charge is 2.41. The Morgan fingerprint density at radius 1 is 1.06 bits per heavy atom. The van der Waals surface area contributed by atoms with Crippen molar-refractivity contribution in [2.45, 2.75) is 31.3 Å². The average molecular weight is 422 g/mol. The van der Waals surface area contributed by atoms with Crippen LogP contribution in [0.25, 0.3) is 0 Å². The molecule has 2 fully saturated rings. The van der Waals surface area contributed by atoms with Crippen LogP contribution in [0.5, 0.6) is 5.75 Å². The molecule has 0 spiro atoms. The fourth-order valence-electron chi connectivity index (χ4n) is 3.41. The van der Waals surface area contributed by atoms with Crippen molar-refractivity contribution in [1.29, 1.82) is 0 Å². The van der Waals surface area contributed by atoms with Crippen LogP contribution in [0.1, 0.15) is 40.0 Å². The molecule has 0 bridgehead atoms. The second-order valence-corrected chi connectivity index (χ2v) is 7.54. The Kier molecular flexibility index (Phi) is 5.81. The van der Waals surface area contributed by atoms with E-state index in [1.54, 1.807) is 24.3 Å². The van der Waals surface area contributed by atoms with E-state index in [-0.39, 0.29) is 29.6 Å². The van der Waals surface area contributed by atoms with Crippen molar-refractivity contribution in [2.75, 3.05) is 18.6 Å². The number of nitrogens with one attached hydrogen (secondary N) is 1. The van der Waals surface area contributed by atoms with E-state index < -0.39 is 18.6 Å². The van der Waals surface area contributed by atoms with Crippen molar-refractivity contribution >= 4 is 29.3 Å². The third-order valence-electron chi connectivity index (χ3n) is 5.25. The molecule has 2 aliphatic rings. The van der Waals surface area contributed by atoms with Gasteiger partial charge in [-0.2, -0.15) is 0 Å². The number of hydrogen-bond donors (Lipinski definition) is 1. The summed E-state index contributed by atoms with van der Waals surface area (Å²) in [5, 5.41) is 3.18.